The molecule has 0 spiro atoms. The number of ketones is 2. The van der Waals surface area contributed by atoms with Crippen LogP contribution in [-0.4, -0.2) is 39.6 Å². The predicted molar refractivity (Wildman–Crippen MR) is 62.5 cm³/mol. The molecule has 0 fully saturated rings. The zero-order valence-corrected chi connectivity index (χ0v) is 10.2. The normalized spacial score (nSPS) is 14.1. The zero-order valence-electron chi connectivity index (χ0n) is 9.35. The Bertz CT molecular complexity index is 680. The summed E-state index contributed by atoms with van der Waals surface area (Å²) < 4.78 is 31.6. The third-order valence-corrected chi connectivity index (χ3v) is 2.18. The monoisotopic (exact) mass is 284 g/mol. The van der Waals surface area contributed by atoms with Crippen LogP contribution >= 0.6 is 0 Å². The summed E-state index contributed by atoms with van der Waals surface area (Å²) in [5, 5.41) is 0. The molecule has 100 valence electrons. The molecule has 0 saturated carbocycles. The van der Waals surface area contributed by atoms with Gasteiger partial charge in [-0.25, -0.2) is 0 Å². The number of carbonyl (C=O) groups excluding carboxylic acids is 2. The summed E-state index contributed by atoms with van der Waals surface area (Å²) >= 11 is 0. The summed E-state index contributed by atoms with van der Waals surface area (Å²) in [7, 11) is -4.67. The van der Waals surface area contributed by atoms with Crippen molar-refractivity contribution >= 4 is 27.7 Å². The first-order valence-corrected chi connectivity index (χ1v) is 6.21. The van der Waals surface area contributed by atoms with Crippen molar-refractivity contribution in [2.45, 2.75) is 6.42 Å². The molecule has 0 unspecified atom stereocenters. The van der Waals surface area contributed by atoms with E-state index in [1.54, 1.807) is 24.3 Å². The quantitative estimate of drug-likeness (QED) is 0.402. The van der Waals surface area contributed by atoms with Crippen LogP contribution in [0.4, 0.5) is 0 Å². The number of hydrogen-bond acceptors (Lipinski definition) is 4. The second-order valence-corrected chi connectivity index (χ2v) is 4.36. The van der Waals surface area contributed by atoms with Crippen LogP contribution in [-0.2, 0) is 10.4 Å². The lowest BCUT2D eigenvalue weighted by atomic mass is 9.88. The summed E-state index contributed by atoms with van der Waals surface area (Å²) in [6.07, 6.45) is -0.119. The summed E-state index contributed by atoms with van der Waals surface area (Å²) in [6.45, 7) is 0. The number of Topliss-reactive ketones (excluding diaryl/α,β-unsaturated/α-hetero) is 2. The first-order chi connectivity index (χ1) is 8.74. The Labute approximate surface area is 107 Å². The molecule has 0 heterocycles. The van der Waals surface area contributed by atoms with E-state index in [4.69, 9.17) is 23.1 Å². The number of carbonyl (C=O) groups is 2. The van der Waals surface area contributed by atoms with Crippen LogP contribution < -0.4 is 0 Å². The van der Waals surface area contributed by atoms with Gasteiger partial charge in [-0.15, -0.1) is 0 Å². The molecule has 1 aliphatic rings. The van der Waals surface area contributed by atoms with Crippen LogP contribution in [0.1, 0.15) is 27.1 Å². The molecule has 2 rings (SSSR count). The lowest BCUT2D eigenvalue weighted by molar-refractivity contribution is -0.00890. The molecule has 2 N–H and O–H groups in total. The van der Waals surface area contributed by atoms with E-state index in [9.17, 15) is 9.59 Å². The molecule has 0 amide bonds. The fraction of sp³-hybridized carbons (Fsp3) is 0.100. The minimum Gasteiger partial charge on any atom is -0.361 e. The third kappa shape index (κ3) is 4.19. The van der Waals surface area contributed by atoms with Crippen molar-refractivity contribution in [1.82, 2.24) is 0 Å². The van der Waals surface area contributed by atoms with E-state index in [0.717, 1.165) is 0 Å². The highest BCUT2D eigenvalue weighted by Gasteiger charge is 2.34. The van der Waals surface area contributed by atoms with Gasteiger partial charge < -0.3 is 5.53 Å². The van der Waals surface area contributed by atoms with Crippen molar-refractivity contribution in [3.8, 4) is 0 Å². The average molecular weight is 284 g/mol. The fourth-order valence-corrected chi connectivity index (χ4v) is 1.49. The van der Waals surface area contributed by atoms with E-state index >= 15 is 0 Å². The smallest absolute Gasteiger partial charge is 0.361 e. The average Bonchev–Trinajstić information content (AvgIpc) is 2.32. The van der Waals surface area contributed by atoms with E-state index < -0.39 is 10.4 Å². The van der Waals surface area contributed by atoms with Crippen molar-refractivity contribution in [3.63, 3.8) is 0 Å². The molecule has 0 saturated heterocycles. The maximum Gasteiger partial charge on any atom is 0.394 e. The highest BCUT2D eigenvalue weighted by Crippen LogP contribution is 2.18. The Kier molecular flexibility index (Phi) is 4.41. The van der Waals surface area contributed by atoms with E-state index in [1.165, 1.54) is 0 Å². The van der Waals surface area contributed by atoms with Crippen LogP contribution in [0.25, 0.3) is 5.53 Å². The number of hydrogen-bond donors (Lipinski definition) is 2. The first kappa shape index (κ1) is 14.9. The largest absolute Gasteiger partial charge is 0.394 e. The molecular formula is C10H8N2O6S. The van der Waals surface area contributed by atoms with Gasteiger partial charge in [0.25, 0.3) is 5.78 Å². The Morgan fingerprint density at radius 2 is 1.58 bits per heavy atom. The van der Waals surface area contributed by atoms with Crippen molar-refractivity contribution in [1.29, 1.82) is 0 Å². The molecule has 9 heteroatoms. The number of fused-ring (bicyclic) bond motifs is 1. The minimum atomic E-state index is -4.67. The molecule has 0 aliphatic heterocycles. The first-order valence-electron chi connectivity index (χ1n) is 4.81. The molecule has 19 heavy (non-hydrogen) atoms. The molecular weight excluding hydrogens is 276 g/mol. The summed E-state index contributed by atoms with van der Waals surface area (Å²) in [4.78, 5) is 25.8. The van der Waals surface area contributed by atoms with Gasteiger partial charge >= 0.3 is 16.1 Å². The van der Waals surface area contributed by atoms with Gasteiger partial charge in [0.05, 0.1) is 0 Å². The maximum absolute atomic E-state index is 11.6. The Morgan fingerprint density at radius 1 is 1.11 bits per heavy atom. The predicted octanol–water partition coefficient (Wildman–Crippen LogP) is 0.474. The molecule has 1 aromatic rings. The van der Waals surface area contributed by atoms with E-state index in [1.807, 2.05) is 0 Å². The van der Waals surface area contributed by atoms with Gasteiger partial charge in [-0.3, -0.25) is 18.7 Å². The second-order valence-electron chi connectivity index (χ2n) is 3.47. The van der Waals surface area contributed by atoms with Gasteiger partial charge in [0.1, 0.15) is 6.42 Å². The minimum absolute atomic E-state index is 0.0892. The van der Waals surface area contributed by atoms with Crippen LogP contribution in [0.2, 0.25) is 0 Å². The van der Waals surface area contributed by atoms with Gasteiger partial charge in [-0.2, -0.15) is 13.2 Å². The lowest BCUT2D eigenvalue weighted by Crippen LogP contribution is -2.27. The Balaban J connectivity index is 0.000000312. The van der Waals surface area contributed by atoms with Crippen LogP contribution in [0.15, 0.2) is 24.3 Å². The maximum atomic E-state index is 11.6. The topological polar surface area (TPSA) is 145 Å². The lowest BCUT2D eigenvalue weighted by Gasteiger charge is -2.08. The summed E-state index contributed by atoms with van der Waals surface area (Å²) in [5.74, 6) is -0.560. The van der Waals surface area contributed by atoms with Crippen molar-refractivity contribution in [2.24, 2.45) is 0 Å². The zero-order chi connectivity index (χ0) is 14.6. The summed E-state index contributed by atoms with van der Waals surface area (Å²) in [6, 6.07) is 6.53. The van der Waals surface area contributed by atoms with Gasteiger partial charge in [-0.1, -0.05) is 24.3 Å². The Hall–Kier alpha value is -2.19. The van der Waals surface area contributed by atoms with Crippen molar-refractivity contribution in [2.75, 3.05) is 0 Å². The van der Waals surface area contributed by atoms with Crippen LogP contribution in [0, 0.1) is 0 Å². The third-order valence-electron chi connectivity index (χ3n) is 2.18. The van der Waals surface area contributed by atoms with Gasteiger partial charge in [0.15, 0.2) is 5.78 Å². The molecule has 0 bridgehead atoms. The number of nitrogens with zero attached hydrogens (tertiary/aromatic N) is 2. The molecule has 0 atom stereocenters. The highest BCUT2D eigenvalue weighted by atomic mass is 32.3. The van der Waals surface area contributed by atoms with Crippen molar-refractivity contribution < 1.29 is 31.9 Å². The second kappa shape index (κ2) is 5.63. The molecule has 0 radical (unpaired) electrons. The molecule has 1 aliphatic carbocycles. The molecule has 1 aromatic carbocycles. The SMILES string of the molecule is O=S(=O)(O)O.[N-]=[N+]=C1CC(=O)c2ccccc2C1=O. The number of benzene rings is 1. The molecule has 0 aromatic heterocycles. The van der Waals surface area contributed by atoms with Gasteiger partial charge in [0, 0.05) is 11.1 Å². The molecule has 8 nitrogen and oxygen atoms in total. The van der Waals surface area contributed by atoms with Crippen LogP contribution in [0.3, 0.4) is 0 Å². The summed E-state index contributed by atoms with van der Waals surface area (Å²) in [5.41, 5.74) is 9.15. The van der Waals surface area contributed by atoms with Crippen molar-refractivity contribution in [3.05, 3.63) is 40.9 Å². The standard InChI is InChI=1S/C10H6N2O2.H2O4S/c11-12-8-5-9(13)6-3-1-2-4-7(6)10(8)14;1-5(2,3)4/h1-4H,5H2;(H2,1,2,3,4). The number of rotatable bonds is 0. The van der Waals surface area contributed by atoms with Gasteiger partial charge in [-0.05, 0) is 0 Å². The van der Waals surface area contributed by atoms with E-state index in [2.05, 4.69) is 4.79 Å². The van der Waals surface area contributed by atoms with E-state index in [0.29, 0.717) is 11.1 Å². The fourth-order valence-electron chi connectivity index (χ4n) is 1.49. The van der Waals surface area contributed by atoms with E-state index in [-0.39, 0.29) is 23.7 Å². The Morgan fingerprint density at radius 3 is 2.05 bits per heavy atom. The highest BCUT2D eigenvalue weighted by molar-refractivity contribution is 7.79. The van der Waals surface area contributed by atoms with Crippen LogP contribution in [0.5, 0.6) is 0 Å². The van der Waals surface area contributed by atoms with Gasteiger partial charge in [0.2, 0.25) is 0 Å².